The van der Waals surface area contributed by atoms with Crippen molar-refractivity contribution in [2.24, 2.45) is 5.73 Å². The van der Waals surface area contributed by atoms with E-state index in [9.17, 15) is 0 Å². The molecule has 0 saturated carbocycles. The van der Waals surface area contributed by atoms with Gasteiger partial charge in [-0.05, 0) is 25.6 Å². The third kappa shape index (κ3) is 4.92. The summed E-state index contributed by atoms with van der Waals surface area (Å²) in [5.41, 5.74) is 5.37. The van der Waals surface area contributed by atoms with E-state index in [1.165, 1.54) is 11.8 Å². The average molecular weight is 209 g/mol. The molecular weight excluding hydrogens is 194 g/mol. The molecule has 0 heterocycles. The van der Waals surface area contributed by atoms with Gasteiger partial charge in [-0.25, -0.2) is 0 Å². The molecule has 0 radical (unpaired) electrons. The van der Waals surface area contributed by atoms with E-state index in [0.717, 1.165) is 0 Å². The normalized spacial score (nSPS) is 11.6. The first-order valence-corrected chi connectivity index (χ1v) is 5.03. The Morgan fingerprint density at radius 3 is 2.08 bits per heavy atom. The zero-order chi connectivity index (χ0) is 9.61. The molecule has 0 spiro atoms. The monoisotopic (exact) mass is 209 g/mol. The largest absolute Gasteiger partial charge is 0.384 e. The van der Waals surface area contributed by atoms with Gasteiger partial charge in [0.15, 0.2) is 0 Å². The second-order valence-electron chi connectivity index (χ2n) is 2.15. The molecule has 0 atom stereocenters. The van der Waals surface area contributed by atoms with Crippen molar-refractivity contribution in [3.05, 3.63) is 0 Å². The van der Waals surface area contributed by atoms with E-state index in [1.54, 1.807) is 0 Å². The van der Waals surface area contributed by atoms with Crippen molar-refractivity contribution < 1.29 is 9.47 Å². The summed E-state index contributed by atoms with van der Waals surface area (Å²) in [6.07, 6.45) is 0. The lowest BCUT2D eigenvalue weighted by molar-refractivity contribution is -0.151. The second-order valence-corrected chi connectivity index (χ2v) is 4.23. The van der Waals surface area contributed by atoms with Gasteiger partial charge in [0, 0.05) is 20.1 Å². The predicted molar refractivity (Wildman–Crippen MR) is 56.0 cm³/mol. The smallest absolute Gasteiger partial charge is 0.221 e. The van der Waals surface area contributed by atoms with Crippen LogP contribution in [0, 0.1) is 0 Å². The molecule has 2 N–H and O–H groups in total. The average Bonchev–Trinajstić information content (AvgIpc) is 1.85. The van der Waals surface area contributed by atoms with Gasteiger partial charge in [-0.1, -0.05) is 12.2 Å². The van der Waals surface area contributed by atoms with Crippen LogP contribution in [0.1, 0.15) is 20.8 Å². The Kier molecular flexibility index (Phi) is 5.82. The predicted octanol–water partition coefficient (Wildman–Crippen LogP) is 1.71. The van der Waals surface area contributed by atoms with E-state index in [0.29, 0.717) is 17.5 Å². The van der Waals surface area contributed by atoms with Gasteiger partial charge in [-0.2, -0.15) is 0 Å². The summed E-state index contributed by atoms with van der Waals surface area (Å²) in [4.78, 5) is 0. The first-order chi connectivity index (χ1) is 5.54. The molecule has 5 heteroatoms. The molecule has 0 unspecified atom stereocenters. The standard InChI is InChI=1S/C7H15NO2S2/c1-4-9-7(3,10-5-2)12-6(8)11/h4-5H2,1-3H3,(H2,8,11). The van der Waals surface area contributed by atoms with Crippen molar-refractivity contribution >= 4 is 28.3 Å². The highest BCUT2D eigenvalue weighted by molar-refractivity contribution is 8.23. The van der Waals surface area contributed by atoms with Crippen LogP contribution in [-0.4, -0.2) is 22.7 Å². The molecule has 0 aromatic carbocycles. The first-order valence-electron chi connectivity index (χ1n) is 3.80. The summed E-state index contributed by atoms with van der Waals surface area (Å²) < 4.78 is 11.0. The minimum Gasteiger partial charge on any atom is -0.384 e. The second kappa shape index (κ2) is 5.75. The van der Waals surface area contributed by atoms with Crippen LogP contribution in [-0.2, 0) is 9.47 Å². The van der Waals surface area contributed by atoms with E-state index < -0.39 is 5.12 Å². The highest BCUT2D eigenvalue weighted by atomic mass is 32.2. The number of nitrogens with two attached hydrogens (primary N) is 1. The fraction of sp³-hybridized carbons (Fsp3) is 0.857. The number of hydrogen-bond acceptors (Lipinski definition) is 4. The van der Waals surface area contributed by atoms with Crippen molar-refractivity contribution in [2.75, 3.05) is 13.2 Å². The highest BCUT2D eigenvalue weighted by Crippen LogP contribution is 2.27. The summed E-state index contributed by atoms with van der Waals surface area (Å²) in [5, 5.41) is -0.727. The number of thioether (sulfide) groups is 1. The Morgan fingerprint density at radius 1 is 1.42 bits per heavy atom. The molecule has 0 aliphatic carbocycles. The van der Waals surface area contributed by atoms with Crippen LogP contribution >= 0.6 is 24.0 Å². The lowest BCUT2D eigenvalue weighted by Gasteiger charge is -2.27. The molecule has 0 aromatic rings. The van der Waals surface area contributed by atoms with Gasteiger partial charge in [-0.15, -0.1) is 0 Å². The first kappa shape index (κ1) is 12.2. The number of hydrogen-bond donors (Lipinski definition) is 1. The summed E-state index contributed by atoms with van der Waals surface area (Å²) >= 11 is 5.97. The summed E-state index contributed by atoms with van der Waals surface area (Å²) in [7, 11) is 0. The Morgan fingerprint density at radius 2 is 1.83 bits per heavy atom. The van der Waals surface area contributed by atoms with Crippen molar-refractivity contribution in [1.82, 2.24) is 0 Å². The van der Waals surface area contributed by atoms with Crippen LogP contribution < -0.4 is 5.73 Å². The molecule has 0 amide bonds. The SMILES string of the molecule is CCOC(C)(OCC)SC(N)=S. The zero-order valence-corrected chi connectivity index (χ0v) is 9.26. The fourth-order valence-electron chi connectivity index (χ4n) is 0.808. The maximum Gasteiger partial charge on any atom is 0.221 e. The Labute approximate surface area is 83.0 Å². The molecule has 0 bridgehead atoms. The van der Waals surface area contributed by atoms with Gasteiger partial charge in [0.1, 0.15) is 4.32 Å². The van der Waals surface area contributed by atoms with Gasteiger partial charge >= 0.3 is 0 Å². The molecule has 0 aliphatic heterocycles. The van der Waals surface area contributed by atoms with Crippen LogP contribution in [0.3, 0.4) is 0 Å². The van der Waals surface area contributed by atoms with Gasteiger partial charge in [-0.3, -0.25) is 0 Å². The van der Waals surface area contributed by atoms with Crippen molar-refractivity contribution in [3.8, 4) is 0 Å². The molecule has 0 aromatic heterocycles. The van der Waals surface area contributed by atoms with Crippen LogP contribution in [0.15, 0.2) is 0 Å². The van der Waals surface area contributed by atoms with E-state index >= 15 is 0 Å². The minimum absolute atomic E-state index is 0.333. The fourth-order valence-corrected chi connectivity index (χ4v) is 1.98. The van der Waals surface area contributed by atoms with Crippen molar-refractivity contribution in [2.45, 2.75) is 25.9 Å². The highest BCUT2D eigenvalue weighted by Gasteiger charge is 2.26. The minimum atomic E-state index is -0.727. The molecule has 0 fully saturated rings. The molecular formula is C7H15NO2S2. The molecule has 3 nitrogen and oxygen atoms in total. The topological polar surface area (TPSA) is 44.5 Å². The Hall–Kier alpha value is 0.160. The summed E-state index contributed by atoms with van der Waals surface area (Å²) in [6.45, 7) is 6.76. The molecule has 0 saturated heterocycles. The number of rotatable bonds is 5. The zero-order valence-electron chi connectivity index (χ0n) is 7.62. The maximum absolute atomic E-state index is 5.37. The number of thiocarbonyl (C=S) groups is 1. The van der Waals surface area contributed by atoms with Crippen LogP contribution in [0.5, 0.6) is 0 Å². The third-order valence-corrected chi connectivity index (χ3v) is 2.16. The summed E-state index contributed by atoms with van der Waals surface area (Å²) in [6, 6.07) is 0. The lowest BCUT2D eigenvalue weighted by Crippen LogP contribution is -2.31. The van der Waals surface area contributed by atoms with E-state index in [-0.39, 0.29) is 0 Å². The molecule has 0 rings (SSSR count). The molecule has 72 valence electrons. The van der Waals surface area contributed by atoms with Gasteiger partial charge < -0.3 is 15.2 Å². The molecule has 12 heavy (non-hydrogen) atoms. The van der Waals surface area contributed by atoms with Crippen LogP contribution in [0.4, 0.5) is 0 Å². The van der Waals surface area contributed by atoms with Gasteiger partial charge in [0.25, 0.3) is 0 Å². The van der Waals surface area contributed by atoms with E-state index in [1.807, 2.05) is 20.8 Å². The van der Waals surface area contributed by atoms with Gasteiger partial charge in [0.2, 0.25) is 5.12 Å². The maximum atomic E-state index is 5.37. The Balaban J connectivity index is 4.07. The van der Waals surface area contributed by atoms with Crippen molar-refractivity contribution in [3.63, 3.8) is 0 Å². The van der Waals surface area contributed by atoms with Crippen LogP contribution in [0.25, 0.3) is 0 Å². The Bertz CT molecular complexity index is 146. The number of ether oxygens (including phenoxy) is 2. The quantitative estimate of drug-likeness (QED) is 0.551. The summed E-state index contributed by atoms with van der Waals surface area (Å²) in [5.74, 6) is 0. The van der Waals surface area contributed by atoms with Crippen LogP contribution in [0.2, 0.25) is 0 Å². The van der Waals surface area contributed by atoms with E-state index in [2.05, 4.69) is 0 Å². The van der Waals surface area contributed by atoms with Gasteiger partial charge in [0.05, 0.1) is 0 Å². The third-order valence-electron chi connectivity index (χ3n) is 1.10. The molecule has 0 aliphatic rings. The van der Waals surface area contributed by atoms with Crippen molar-refractivity contribution in [1.29, 1.82) is 0 Å². The van der Waals surface area contributed by atoms with E-state index in [4.69, 9.17) is 27.4 Å². The lowest BCUT2D eigenvalue weighted by atomic mass is 10.7.